The van der Waals surface area contributed by atoms with Crippen molar-refractivity contribution in [2.75, 3.05) is 6.61 Å². The van der Waals surface area contributed by atoms with Crippen LogP contribution in [0.5, 0.6) is 0 Å². The lowest BCUT2D eigenvalue weighted by Crippen LogP contribution is -2.39. The molecule has 0 bridgehead atoms. The van der Waals surface area contributed by atoms with Gasteiger partial charge in [-0.2, -0.15) is 9.82 Å². The van der Waals surface area contributed by atoms with E-state index >= 15 is 0 Å². The summed E-state index contributed by atoms with van der Waals surface area (Å²) in [6.07, 6.45) is 1.31. The number of hydrogen-bond donors (Lipinski definition) is 2. The van der Waals surface area contributed by atoms with Crippen LogP contribution in [0.3, 0.4) is 0 Å². The van der Waals surface area contributed by atoms with Crippen molar-refractivity contribution in [2.24, 2.45) is 0 Å². The normalized spacial score (nSPS) is 13.4. The van der Waals surface area contributed by atoms with Crippen molar-refractivity contribution in [3.63, 3.8) is 0 Å². The predicted molar refractivity (Wildman–Crippen MR) is 55.0 cm³/mol. The molecule has 2 N–H and O–H groups in total. The Balaban J connectivity index is 2.71. The molecule has 1 aromatic heterocycles. The fourth-order valence-electron chi connectivity index (χ4n) is 1.00. The van der Waals surface area contributed by atoms with Crippen molar-refractivity contribution in [3.8, 4) is 0 Å². The van der Waals surface area contributed by atoms with Gasteiger partial charge in [0, 0.05) is 0 Å². The smallest absolute Gasteiger partial charge is 0.323 e. The monoisotopic (exact) mass is 247 g/mol. The zero-order valence-electron chi connectivity index (χ0n) is 8.93. The van der Waals surface area contributed by atoms with Crippen LogP contribution >= 0.6 is 0 Å². The van der Waals surface area contributed by atoms with Crippen LogP contribution in [0.1, 0.15) is 13.8 Å². The van der Waals surface area contributed by atoms with E-state index in [1.165, 1.54) is 19.2 Å². The third-order valence-electron chi connectivity index (χ3n) is 1.74. The summed E-state index contributed by atoms with van der Waals surface area (Å²) in [4.78, 5) is 11.2. The highest BCUT2D eigenvalue weighted by Gasteiger charge is 2.23. The van der Waals surface area contributed by atoms with Crippen LogP contribution in [0, 0.1) is 0 Å². The Bertz CT molecular complexity index is 440. The number of carbonyl (C=O) groups excluding carboxylic acids is 1. The second-order valence-electron chi connectivity index (χ2n) is 3.02. The number of H-pyrrole nitrogens is 1. The molecule has 8 heteroatoms. The van der Waals surface area contributed by atoms with Crippen molar-refractivity contribution in [2.45, 2.75) is 24.9 Å². The Kier molecular flexibility index (Phi) is 4.02. The summed E-state index contributed by atoms with van der Waals surface area (Å²) in [6, 6.07) is 0.355. The molecule has 7 nitrogen and oxygen atoms in total. The van der Waals surface area contributed by atoms with E-state index in [1.54, 1.807) is 6.92 Å². The minimum atomic E-state index is -3.75. The molecule has 0 saturated carbocycles. The van der Waals surface area contributed by atoms with Crippen molar-refractivity contribution in [1.82, 2.24) is 14.9 Å². The van der Waals surface area contributed by atoms with Gasteiger partial charge in [-0.3, -0.25) is 9.89 Å². The van der Waals surface area contributed by atoms with Gasteiger partial charge in [0.2, 0.25) is 0 Å². The summed E-state index contributed by atoms with van der Waals surface area (Å²) in [6.45, 7) is 3.26. The number of hydrogen-bond acceptors (Lipinski definition) is 5. The highest BCUT2D eigenvalue weighted by atomic mass is 32.2. The quantitative estimate of drug-likeness (QED) is 0.692. The number of esters is 1. The molecule has 0 aliphatic heterocycles. The SMILES string of the molecule is CCOC(=O)C(C)NS(=O)(=O)c1ccn[nH]1. The number of aromatic nitrogens is 2. The highest BCUT2D eigenvalue weighted by Crippen LogP contribution is 2.04. The van der Waals surface area contributed by atoms with E-state index in [-0.39, 0.29) is 11.6 Å². The Morgan fingerprint density at radius 3 is 2.88 bits per heavy atom. The van der Waals surface area contributed by atoms with Gasteiger partial charge in [0.05, 0.1) is 12.8 Å². The van der Waals surface area contributed by atoms with Crippen LogP contribution in [0.25, 0.3) is 0 Å². The summed E-state index contributed by atoms with van der Waals surface area (Å²) in [5.74, 6) is -0.620. The number of nitrogens with one attached hydrogen (secondary N) is 2. The standard InChI is InChI=1S/C8H13N3O4S/c1-3-15-8(12)6(2)11-16(13,14)7-4-5-9-10-7/h4-6,11H,3H2,1-2H3,(H,9,10). The molecule has 0 aliphatic carbocycles. The average molecular weight is 247 g/mol. The Morgan fingerprint density at radius 2 is 2.38 bits per heavy atom. The predicted octanol–water partition coefficient (Wildman–Crippen LogP) is -0.360. The maximum atomic E-state index is 11.6. The summed E-state index contributed by atoms with van der Waals surface area (Å²) >= 11 is 0. The third-order valence-corrected chi connectivity index (χ3v) is 3.21. The topological polar surface area (TPSA) is 101 Å². The van der Waals surface area contributed by atoms with Gasteiger partial charge < -0.3 is 4.74 Å². The second-order valence-corrected chi connectivity index (χ2v) is 4.70. The molecule has 1 rings (SSSR count). The summed E-state index contributed by atoms with van der Waals surface area (Å²) in [5.41, 5.74) is 0. The van der Waals surface area contributed by atoms with E-state index in [2.05, 4.69) is 19.7 Å². The molecular weight excluding hydrogens is 234 g/mol. The fourth-order valence-corrected chi connectivity index (χ4v) is 2.11. The Labute approximate surface area is 93.2 Å². The molecule has 1 unspecified atom stereocenters. The molecule has 0 aliphatic rings. The molecule has 16 heavy (non-hydrogen) atoms. The van der Waals surface area contributed by atoms with Gasteiger partial charge in [-0.15, -0.1) is 0 Å². The first kappa shape index (κ1) is 12.7. The van der Waals surface area contributed by atoms with E-state index in [0.29, 0.717) is 0 Å². The number of nitrogens with zero attached hydrogens (tertiary/aromatic N) is 1. The number of aromatic amines is 1. The zero-order chi connectivity index (χ0) is 12.2. The molecule has 1 heterocycles. The van der Waals surface area contributed by atoms with Crippen LogP contribution in [-0.2, 0) is 19.6 Å². The lowest BCUT2D eigenvalue weighted by Gasteiger charge is -2.11. The van der Waals surface area contributed by atoms with Gasteiger partial charge >= 0.3 is 5.97 Å². The molecule has 0 aromatic carbocycles. The lowest BCUT2D eigenvalue weighted by molar-refractivity contribution is -0.144. The van der Waals surface area contributed by atoms with Gasteiger partial charge in [0.15, 0.2) is 5.03 Å². The molecule has 0 saturated heterocycles. The molecule has 1 atom stereocenters. The van der Waals surface area contributed by atoms with Crippen molar-refractivity contribution in [3.05, 3.63) is 12.3 Å². The van der Waals surface area contributed by atoms with Gasteiger partial charge in [0.1, 0.15) is 6.04 Å². The van der Waals surface area contributed by atoms with E-state index in [9.17, 15) is 13.2 Å². The molecule has 0 radical (unpaired) electrons. The zero-order valence-corrected chi connectivity index (χ0v) is 9.74. The van der Waals surface area contributed by atoms with Crippen molar-refractivity contribution >= 4 is 16.0 Å². The first-order valence-electron chi connectivity index (χ1n) is 4.65. The van der Waals surface area contributed by atoms with Gasteiger partial charge in [-0.1, -0.05) is 0 Å². The van der Waals surface area contributed by atoms with E-state index < -0.39 is 22.0 Å². The van der Waals surface area contributed by atoms with Crippen LogP contribution in [0.4, 0.5) is 0 Å². The largest absolute Gasteiger partial charge is 0.465 e. The number of rotatable bonds is 5. The van der Waals surface area contributed by atoms with E-state index in [1.807, 2.05) is 0 Å². The third kappa shape index (κ3) is 3.04. The molecule has 0 spiro atoms. The van der Waals surface area contributed by atoms with Crippen LogP contribution in [-0.4, -0.2) is 37.2 Å². The molecule has 0 amide bonds. The molecule has 0 fully saturated rings. The fraction of sp³-hybridized carbons (Fsp3) is 0.500. The summed E-state index contributed by atoms with van der Waals surface area (Å²) < 4.78 is 30.1. The summed E-state index contributed by atoms with van der Waals surface area (Å²) in [5, 5.41) is 5.72. The van der Waals surface area contributed by atoms with E-state index in [4.69, 9.17) is 0 Å². The molecule has 90 valence electrons. The minimum absolute atomic E-state index is 0.0938. The van der Waals surface area contributed by atoms with Crippen LogP contribution < -0.4 is 4.72 Å². The minimum Gasteiger partial charge on any atom is -0.465 e. The van der Waals surface area contributed by atoms with Crippen molar-refractivity contribution < 1.29 is 17.9 Å². The average Bonchev–Trinajstić information content (AvgIpc) is 2.70. The van der Waals surface area contributed by atoms with Gasteiger partial charge in [-0.25, -0.2) is 8.42 Å². The highest BCUT2D eigenvalue weighted by molar-refractivity contribution is 7.89. The molecule has 1 aromatic rings. The maximum absolute atomic E-state index is 11.6. The first-order chi connectivity index (χ1) is 7.47. The van der Waals surface area contributed by atoms with E-state index in [0.717, 1.165) is 0 Å². The molecular formula is C8H13N3O4S. The second kappa shape index (κ2) is 5.08. The van der Waals surface area contributed by atoms with Crippen LogP contribution in [0.2, 0.25) is 0 Å². The number of sulfonamides is 1. The Hall–Kier alpha value is -1.41. The summed E-state index contributed by atoms with van der Waals surface area (Å²) in [7, 11) is -3.75. The van der Waals surface area contributed by atoms with Gasteiger partial charge in [-0.05, 0) is 19.9 Å². The Morgan fingerprint density at radius 1 is 1.69 bits per heavy atom. The van der Waals surface area contributed by atoms with Crippen molar-refractivity contribution in [1.29, 1.82) is 0 Å². The first-order valence-corrected chi connectivity index (χ1v) is 6.14. The number of ether oxygens (including phenoxy) is 1. The number of carbonyl (C=O) groups is 1. The lowest BCUT2D eigenvalue weighted by atomic mass is 10.4. The maximum Gasteiger partial charge on any atom is 0.323 e. The van der Waals surface area contributed by atoms with Crippen LogP contribution in [0.15, 0.2) is 17.3 Å². The van der Waals surface area contributed by atoms with Gasteiger partial charge in [0.25, 0.3) is 10.0 Å².